The number of carbonyl (C=O) groups is 2. The number of halogens is 1. The number of anilines is 2. The van der Waals surface area contributed by atoms with Crippen molar-refractivity contribution in [3.63, 3.8) is 0 Å². The van der Waals surface area contributed by atoms with Gasteiger partial charge in [0.15, 0.2) is 9.84 Å². The number of benzene rings is 4. The fourth-order valence-electron chi connectivity index (χ4n) is 3.94. The zero-order valence-corrected chi connectivity index (χ0v) is 22.1. The second-order valence-corrected chi connectivity index (χ2v) is 11.1. The Balaban J connectivity index is 1.50. The van der Waals surface area contributed by atoms with E-state index >= 15 is 0 Å². The summed E-state index contributed by atoms with van der Waals surface area (Å²) in [6.45, 7) is 0. The summed E-state index contributed by atoms with van der Waals surface area (Å²) in [6, 6.07) is 28.3. The van der Waals surface area contributed by atoms with E-state index in [0.717, 1.165) is 5.56 Å². The van der Waals surface area contributed by atoms with E-state index in [1.165, 1.54) is 6.26 Å². The van der Waals surface area contributed by atoms with Gasteiger partial charge in [0, 0.05) is 34.6 Å². The standard InChI is InChI=1S/C29H26ClN3O4S/c1-38(36,37)27-13-6-5-12-25(27)21-14-16-23(17-15-21)31-28(34)26(18-20-8-3-2-4-9-20)33-29(35)32-24-11-7-10-22(30)19-24/h2-17,19,26H,18H2,1H3,(H,31,34)(H2,32,33,35)/t26-/m0/s1. The maximum Gasteiger partial charge on any atom is 0.319 e. The van der Waals surface area contributed by atoms with Crippen LogP contribution in [0.5, 0.6) is 0 Å². The number of hydrogen-bond acceptors (Lipinski definition) is 4. The van der Waals surface area contributed by atoms with Crippen molar-refractivity contribution in [2.45, 2.75) is 17.4 Å². The van der Waals surface area contributed by atoms with Gasteiger partial charge in [-0.3, -0.25) is 4.79 Å². The monoisotopic (exact) mass is 547 g/mol. The number of urea groups is 1. The molecule has 0 unspecified atom stereocenters. The van der Waals surface area contributed by atoms with Crippen LogP contribution in [-0.2, 0) is 21.1 Å². The molecule has 0 aliphatic heterocycles. The largest absolute Gasteiger partial charge is 0.326 e. The second-order valence-electron chi connectivity index (χ2n) is 8.69. The van der Waals surface area contributed by atoms with Crippen LogP contribution in [0.2, 0.25) is 5.02 Å². The van der Waals surface area contributed by atoms with Crippen molar-refractivity contribution in [1.82, 2.24) is 5.32 Å². The van der Waals surface area contributed by atoms with Gasteiger partial charge in [-0.05, 0) is 47.5 Å². The van der Waals surface area contributed by atoms with Crippen molar-refractivity contribution in [2.75, 3.05) is 16.9 Å². The molecule has 0 aliphatic carbocycles. The summed E-state index contributed by atoms with van der Waals surface area (Å²) in [7, 11) is -3.41. The number of hydrogen-bond donors (Lipinski definition) is 3. The SMILES string of the molecule is CS(=O)(=O)c1ccccc1-c1ccc(NC(=O)[C@H](Cc2ccccc2)NC(=O)Nc2cccc(Cl)c2)cc1. The van der Waals surface area contributed by atoms with Crippen molar-refractivity contribution in [1.29, 1.82) is 0 Å². The van der Waals surface area contributed by atoms with Crippen LogP contribution in [0.25, 0.3) is 11.1 Å². The Kier molecular flexibility index (Phi) is 8.45. The molecule has 0 saturated carbocycles. The third-order valence-electron chi connectivity index (χ3n) is 5.74. The molecule has 0 radical (unpaired) electrons. The van der Waals surface area contributed by atoms with E-state index in [2.05, 4.69) is 16.0 Å². The minimum Gasteiger partial charge on any atom is -0.326 e. The van der Waals surface area contributed by atoms with E-state index in [4.69, 9.17) is 11.6 Å². The Bertz CT molecular complexity index is 1540. The topological polar surface area (TPSA) is 104 Å². The summed E-state index contributed by atoms with van der Waals surface area (Å²) in [6.07, 6.45) is 1.44. The molecule has 4 aromatic rings. The summed E-state index contributed by atoms with van der Waals surface area (Å²) in [5.41, 5.74) is 3.16. The van der Waals surface area contributed by atoms with Gasteiger partial charge in [-0.1, -0.05) is 78.3 Å². The third-order valence-corrected chi connectivity index (χ3v) is 7.13. The zero-order valence-electron chi connectivity index (χ0n) is 20.5. The summed E-state index contributed by atoms with van der Waals surface area (Å²) < 4.78 is 24.4. The Labute approximate surface area is 226 Å². The molecule has 0 saturated heterocycles. The molecule has 0 heterocycles. The van der Waals surface area contributed by atoms with Gasteiger partial charge in [0.05, 0.1) is 4.90 Å². The van der Waals surface area contributed by atoms with E-state index in [1.807, 2.05) is 30.3 Å². The predicted molar refractivity (Wildman–Crippen MR) is 151 cm³/mol. The summed E-state index contributed by atoms with van der Waals surface area (Å²) in [4.78, 5) is 26.2. The van der Waals surface area contributed by atoms with Crippen molar-refractivity contribution in [3.8, 4) is 11.1 Å². The quantitative estimate of drug-likeness (QED) is 0.260. The lowest BCUT2D eigenvalue weighted by Crippen LogP contribution is -2.46. The Morgan fingerprint density at radius 1 is 0.789 bits per heavy atom. The number of amides is 3. The van der Waals surface area contributed by atoms with Gasteiger partial charge in [0.2, 0.25) is 5.91 Å². The van der Waals surface area contributed by atoms with E-state index < -0.39 is 27.8 Å². The van der Waals surface area contributed by atoms with E-state index in [9.17, 15) is 18.0 Å². The van der Waals surface area contributed by atoms with Crippen LogP contribution in [0.1, 0.15) is 5.56 Å². The first-order valence-corrected chi connectivity index (χ1v) is 14.0. The van der Waals surface area contributed by atoms with Gasteiger partial charge in [-0.2, -0.15) is 0 Å². The molecule has 3 N–H and O–H groups in total. The van der Waals surface area contributed by atoms with Gasteiger partial charge in [0.1, 0.15) is 6.04 Å². The highest BCUT2D eigenvalue weighted by atomic mass is 35.5. The Morgan fingerprint density at radius 2 is 1.47 bits per heavy atom. The van der Waals surface area contributed by atoms with Gasteiger partial charge in [0.25, 0.3) is 0 Å². The van der Waals surface area contributed by atoms with Gasteiger partial charge < -0.3 is 16.0 Å². The van der Waals surface area contributed by atoms with Crippen molar-refractivity contribution in [3.05, 3.63) is 114 Å². The Hall–Kier alpha value is -4.14. The molecular formula is C29H26ClN3O4S. The number of nitrogens with one attached hydrogen (secondary N) is 3. The van der Waals surface area contributed by atoms with Crippen LogP contribution in [-0.4, -0.2) is 32.7 Å². The first kappa shape index (κ1) is 26.9. The minimum absolute atomic E-state index is 0.231. The molecule has 0 bridgehead atoms. The van der Waals surface area contributed by atoms with Crippen molar-refractivity contribution < 1.29 is 18.0 Å². The smallest absolute Gasteiger partial charge is 0.319 e. The zero-order chi connectivity index (χ0) is 27.1. The molecule has 194 valence electrons. The lowest BCUT2D eigenvalue weighted by atomic mass is 10.0. The van der Waals surface area contributed by atoms with Crippen LogP contribution < -0.4 is 16.0 Å². The van der Waals surface area contributed by atoms with Crippen molar-refractivity contribution in [2.24, 2.45) is 0 Å². The maximum atomic E-state index is 13.2. The number of sulfone groups is 1. The van der Waals surface area contributed by atoms with Crippen LogP contribution >= 0.6 is 11.6 Å². The average Bonchev–Trinajstić information content (AvgIpc) is 2.89. The van der Waals surface area contributed by atoms with Crippen LogP contribution in [0, 0.1) is 0 Å². The van der Waals surface area contributed by atoms with E-state index in [0.29, 0.717) is 27.5 Å². The summed E-state index contributed by atoms with van der Waals surface area (Å²) >= 11 is 6.00. The molecule has 0 aliphatic rings. The van der Waals surface area contributed by atoms with E-state index in [-0.39, 0.29) is 11.3 Å². The first-order chi connectivity index (χ1) is 18.2. The molecule has 0 fully saturated rings. The lowest BCUT2D eigenvalue weighted by molar-refractivity contribution is -0.117. The predicted octanol–water partition coefficient (Wildman–Crippen LogP) is 5.78. The molecule has 4 rings (SSSR count). The molecular weight excluding hydrogens is 522 g/mol. The number of rotatable bonds is 8. The fraction of sp³-hybridized carbons (Fsp3) is 0.103. The molecule has 0 spiro atoms. The highest BCUT2D eigenvalue weighted by Gasteiger charge is 2.22. The summed E-state index contributed by atoms with van der Waals surface area (Å²) in [5.74, 6) is -0.403. The van der Waals surface area contributed by atoms with Crippen LogP contribution in [0.15, 0.2) is 108 Å². The third kappa shape index (κ3) is 7.21. The summed E-state index contributed by atoms with van der Waals surface area (Å²) in [5, 5.41) is 8.76. The molecule has 3 amide bonds. The molecule has 1 atom stereocenters. The molecule has 7 nitrogen and oxygen atoms in total. The number of carbonyl (C=O) groups excluding carboxylic acids is 2. The normalized spacial score (nSPS) is 11.8. The second kappa shape index (κ2) is 11.9. The lowest BCUT2D eigenvalue weighted by Gasteiger charge is -2.19. The van der Waals surface area contributed by atoms with Crippen LogP contribution in [0.4, 0.5) is 16.2 Å². The molecule has 4 aromatic carbocycles. The van der Waals surface area contributed by atoms with Crippen molar-refractivity contribution >= 4 is 44.8 Å². The fourth-order valence-corrected chi connectivity index (χ4v) is 5.04. The maximum absolute atomic E-state index is 13.2. The van der Waals surface area contributed by atoms with Gasteiger partial charge in [-0.25, -0.2) is 13.2 Å². The first-order valence-electron chi connectivity index (χ1n) is 11.8. The van der Waals surface area contributed by atoms with E-state index in [1.54, 1.807) is 72.8 Å². The van der Waals surface area contributed by atoms with Gasteiger partial charge >= 0.3 is 6.03 Å². The molecule has 9 heteroatoms. The minimum atomic E-state index is -3.41. The highest BCUT2D eigenvalue weighted by molar-refractivity contribution is 7.90. The van der Waals surface area contributed by atoms with Crippen LogP contribution in [0.3, 0.4) is 0 Å². The molecule has 0 aromatic heterocycles. The molecule has 38 heavy (non-hydrogen) atoms. The average molecular weight is 548 g/mol. The highest BCUT2D eigenvalue weighted by Crippen LogP contribution is 2.28. The Morgan fingerprint density at radius 3 is 2.16 bits per heavy atom. The van der Waals surface area contributed by atoms with Gasteiger partial charge in [-0.15, -0.1) is 0 Å².